The van der Waals surface area contributed by atoms with E-state index in [0.29, 0.717) is 10.7 Å². The molecule has 0 spiro atoms. The highest BCUT2D eigenvalue weighted by Gasteiger charge is 2.12. The summed E-state index contributed by atoms with van der Waals surface area (Å²) in [5.74, 6) is -0.397. The Bertz CT molecular complexity index is 1020. The minimum Gasteiger partial charge on any atom is -0.508 e. The van der Waals surface area contributed by atoms with Crippen molar-refractivity contribution in [2.24, 2.45) is 0 Å². The van der Waals surface area contributed by atoms with Gasteiger partial charge in [-0.3, -0.25) is 10.1 Å². The van der Waals surface area contributed by atoms with E-state index in [4.69, 9.17) is 0 Å². The lowest BCUT2D eigenvalue weighted by atomic mass is 10.1. The van der Waals surface area contributed by atoms with Gasteiger partial charge in [-0.25, -0.2) is 4.98 Å². The van der Waals surface area contributed by atoms with Crippen molar-refractivity contribution in [3.05, 3.63) is 80.8 Å². The molecule has 0 fully saturated rings. The number of aromatic hydroxyl groups is 1. The maximum Gasteiger partial charge on any atom is 0.268 e. The molecule has 1 heterocycles. The number of halogens is 1. The predicted molar refractivity (Wildman–Crippen MR) is 109 cm³/mol. The highest BCUT2D eigenvalue weighted by Crippen LogP contribution is 2.23. The number of carbonyl (C=O) groups excluding carboxylic acids is 1. The molecular formula is C20H14BrN3O2S. The zero-order valence-corrected chi connectivity index (χ0v) is 16.4. The van der Waals surface area contributed by atoms with Crippen LogP contribution >= 0.6 is 27.3 Å². The van der Waals surface area contributed by atoms with Crippen LogP contribution in [-0.4, -0.2) is 16.0 Å². The van der Waals surface area contributed by atoms with E-state index in [1.165, 1.54) is 29.5 Å². The van der Waals surface area contributed by atoms with Crippen molar-refractivity contribution < 1.29 is 9.90 Å². The van der Waals surface area contributed by atoms with Crippen molar-refractivity contribution in [1.82, 2.24) is 4.98 Å². The zero-order chi connectivity index (χ0) is 19.2. The number of aromatic nitrogens is 1. The van der Waals surface area contributed by atoms with Gasteiger partial charge < -0.3 is 5.11 Å². The number of phenolic OH excluding ortho intramolecular Hbond substituents is 1. The molecule has 2 aromatic carbocycles. The second-order valence-electron chi connectivity index (χ2n) is 5.65. The number of hydrogen-bond acceptors (Lipinski definition) is 5. The average molecular weight is 440 g/mol. The summed E-state index contributed by atoms with van der Waals surface area (Å²) in [4.78, 5) is 17.6. The van der Waals surface area contributed by atoms with E-state index in [1.54, 1.807) is 18.3 Å². The number of phenols is 1. The van der Waals surface area contributed by atoms with Gasteiger partial charge in [-0.1, -0.05) is 40.2 Å². The molecule has 0 saturated heterocycles. The van der Waals surface area contributed by atoms with Gasteiger partial charge in [0.05, 0.1) is 0 Å². The minimum atomic E-state index is -0.518. The topological polar surface area (TPSA) is 86.0 Å². The van der Waals surface area contributed by atoms with Crippen molar-refractivity contribution in [2.75, 3.05) is 5.32 Å². The number of nitrogens with one attached hydrogen (secondary N) is 1. The molecule has 134 valence electrons. The van der Waals surface area contributed by atoms with Crippen LogP contribution in [0.4, 0.5) is 5.13 Å². The van der Waals surface area contributed by atoms with Crippen molar-refractivity contribution in [2.45, 2.75) is 6.42 Å². The van der Waals surface area contributed by atoms with Crippen LogP contribution in [0.25, 0.3) is 6.08 Å². The molecule has 27 heavy (non-hydrogen) atoms. The number of amides is 1. The van der Waals surface area contributed by atoms with Crippen molar-refractivity contribution in [3.8, 4) is 11.8 Å². The Kier molecular flexibility index (Phi) is 6.01. The fourth-order valence-electron chi connectivity index (χ4n) is 2.30. The Hall–Kier alpha value is -2.95. The summed E-state index contributed by atoms with van der Waals surface area (Å²) in [6.45, 7) is 0. The lowest BCUT2D eigenvalue weighted by Crippen LogP contribution is -2.13. The first-order valence-electron chi connectivity index (χ1n) is 7.95. The molecular weight excluding hydrogens is 426 g/mol. The molecule has 0 aliphatic rings. The first-order valence-corrected chi connectivity index (χ1v) is 9.56. The number of thiazole rings is 1. The largest absolute Gasteiger partial charge is 0.508 e. The van der Waals surface area contributed by atoms with Crippen LogP contribution in [0.1, 0.15) is 16.0 Å². The Balaban J connectivity index is 1.68. The van der Waals surface area contributed by atoms with E-state index in [0.717, 1.165) is 21.3 Å². The summed E-state index contributed by atoms with van der Waals surface area (Å²) in [7, 11) is 0. The van der Waals surface area contributed by atoms with Crippen molar-refractivity contribution in [3.63, 3.8) is 0 Å². The first kappa shape index (κ1) is 18.8. The number of nitriles is 1. The molecule has 3 rings (SSSR count). The van der Waals surface area contributed by atoms with Crippen molar-refractivity contribution in [1.29, 1.82) is 5.26 Å². The average Bonchev–Trinajstić information content (AvgIpc) is 3.10. The molecule has 0 radical (unpaired) electrons. The van der Waals surface area contributed by atoms with Gasteiger partial charge in [0.25, 0.3) is 5.91 Å². The maximum absolute atomic E-state index is 12.3. The molecule has 3 aromatic rings. The molecule has 7 heteroatoms. The van der Waals surface area contributed by atoms with E-state index < -0.39 is 5.91 Å². The molecule has 5 nitrogen and oxygen atoms in total. The quantitative estimate of drug-likeness (QED) is 0.443. The SMILES string of the molecule is N#CC(=Cc1ccc(O)cc1)C(=O)Nc1ncc(Cc2ccc(Br)cc2)s1. The van der Waals surface area contributed by atoms with Crippen LogP contribution in [0.15, 0.2) is 64.8 Å². The molecule has 2 N–H and O–H groups in total. The lowest BCUT2D eigenvalue weighted by molar-refractivity contribution is -0.112. The summed E-state index contributed by atoms with van der Waals surface area (Å²) in [5, 5.41) is 21.7. The minimum absolute atomic E-state index is 0.0367. The second-order valence-corrected chi connectivity index (χ2v) is 7.68. The van der Waals surface area contributed by atoms with Crippen LogP contribution in [0.5, 0.6) is 5.75 Å². The summed E-state index contributed by atoms with van der Waals surface area (Å²) >= 11 is 4.78. The number of carbonyl (C=O) groups is 1. The number of hydrogen-bond donors (Lipinski definition) is 2. The Morgan fingerprint density at radius 1 is 1.22 bits per heavy atom. The standard InChI is InChI=1S/C20H14BrN3O2S/c21-16-5-1-14(2-6-16)10-18-12-23-20(27-18)24-19(26)15(11-22)9-13-3-7-17(25)8-4-13/h1-9,12,25H,10H2,(H,23,24,26). The van der Waals surface area contributed by atoms with Gasteiger partial charge in [-0.15, -0.1) is 11.3 Å². The van der Waals surface area contributed by atoms with E-state index >= 15 is 0 Å². The first-order chi connectivity index (χ1) is 13.0. The molecule has 0 atom stereocenters. The predicted octanol–water partition coefficient (Wildman–Crippen LogP) is 4.75. The molecule has 1 amide bonds. The highest BCUT2D eigenvalue weighted by molar-refractivity contribution is 9.10. The highest BCUT2D eigenvalue weighted by atomic mass is 79.9. The van der Waals surface area contributed by atoms with Gasteiger partial charge >= 0.3 is 0 Å². The van der Waals surface area contributed by atoms with Gasteiger partial charge in [0.1, 0.15) is 17.4 Å². The van der Waals surface area contributed by atoms with Crippen LogP contribution in [-0.2, 0) is 11.2 Å². The third-order valence-electron chi connectivity index (χ3n) is 3.63. The van der Waals surface area contributed by atoms with Crippen LogP contribution in [0, 0.1) is 11.3 Å². The fraction of sp³-hybridized carbons (Fsp3) is 0.0500. The fourth-order valence-corrected chi connectivity index (χ4v) is 3.41. The van der Waals surface area contributed by atoms with Crippen molar-refractivity contribution >= 4 is 44.4 Å². The Labute approximate surface area is 168 Å². The molecule has 0 aliphatic heterocycles. The van der Waals surface area contributed by atoms with E-state index in [9.17, 15) is 15.2 Å². The molecule has 0 aliphatic carbocycles. The van der Waals surface area contributed by atoms with Gasteiger partial charge in [0, 0.05) is 22.0 Å². The van der Waals surface area contributed by atoms with E-state index in [-0.39, 0.29) is 11.3 Å². The number of rotatable bonds is 5. The van der Waals surface area contributed by atoms with Crippen LogP contribution < -0.4 is 5.32 Å². The van der Waals surface area contributed by atoms with E-state index in [2.05, 4.69) is 26.2 Å². The Morgan fingerprint density at radius 3 is 2.59 bits per heavy atom. The van der Waals surface area contributed by atoms with Gasteiger partial charge in [0.2, 0.25) is 0 Å². The normalized spacial score (nSPS) is 11.0. The third kappa shape index (κ3) is 5.26. The summed E-state index contributed by atoms with van der Waals surface area (Å²) in [6, 6.07) is 16.1. The second kappa shape index (κ2) is 8.62. The zero-order valence-electron chi connectivity index (χ0n) is 14.0. The molecule has 0 unspecified atom stereocenters. The molecule has 0 saturated carbocycles. The Morgan fingerprint density at radius 2 is 1.93 bits per heavy atom. The molecule has 0 bridgehead atoms. The van der Waals surface area contributed by atoms with Gasteiger partial charge in [-0.2, -0.15) is 5.26 Å². The van der Waals surface area contributed by atoms with Crippen LogP contribution in [0.3, 0.4) is 0 Å². The lowest BCUT2D eigenvalue weighted by Gasteiger charge is -2.01. The van der Waals surface area contributed by atoms with Crippen LogP contribution in [0.2, 0.25) is 0 Å². The number of nitrogens with zero attached hydrogens (tertiary/aromatic N) is 2. The molecule has 1 aromatic heterocycles. The monoisotopic (exact) mass is 439 g/mol. The summed E-state index contributed by atoms with van der Waals surface area (Å²) in [5.41, 5.74) is 1.75. The maximum atomic E-state index is 12.3. The summed E-state index contributed by atoms with van der Waals surface area (Å²) in [6.07, 6.45) is 3.90. The van der Waals surface area contributed by atoms with Gasteiger partial charge in [-0.05, 0) is 41.5 Å². The summed E-state index contributed by atoms with van der Waals surface area (Å²) < 4.78 is 1.02. The van der Waals surface area contributed by atoms with E-state index in [1.807, 2.05) is 30.3 Å². The number of benzene rings is 2. The van der Waals surface area contributed by atoms with Gasteiger partial charge in [0.15, 0.2) is 5.13 Å². The number of anilines is 1. The third-order valence-corrected chi connectivity index (χ3v) is 5.08. The smallest absolute Gasteiger partial charge is 0.268 e.